The van der Waals surface area contributed by atoms with Gasteiger partial charge in [0.2, 0.25) is 17.7 Å². The lowest BCUT2D eigenvalue weighted by atomic mass is 9.49. The molecule has 6 rings (SSSR count). The monoisotopic (exact) mass is 983 g/mol. The normalized spacial score (nSPS) is 20.2. The van der Waals surface area contributed by atoms with Crippen molar-refractivity contribution in [2.45, 2.75) is 117 Å². The molecule has 4 atom stereocenters. The van der Waals surface area contributed by atoms with Crippen LogP contribution < -0.4 is 31.2 Å². The van der Waals surface area contributed by atoms with Crippen LogP contribution in [0.1, 0.15) is 107 Å². The van der Waals surface area contributed by atoms with Crippen molar-refractivity contribution in [1.82, 2.24) is 25.8 Å². The Morgan fingerprint density at radius 2 is 1.64 bits per heavy atom. The molecule has 0 bridgehead atoms. The molecule has 0 radical (unpaired) electrons. The van der Waals surface area contributed by atoms with Crippen molar-refractivity contribution < 1.29 is 38.5 Å². The number of nitrogens with one attached hydrogen (secondary N) is 3. The highest BCUT2D eigenvalue weighted by Crippen LogP contribution is 2.55. The third kappa shape index (κ3) is 12.6. The van der Waals surface area contributed by atoms with Gasteiger partial charge in [0.25, 0.3) is 5.91 Å². The zero-order valence-corrected chi connectivity index (χ0v) is 42.3. The lowest BCUT2D eigenvalue weighted by molar-refractivity contribution is -0.164. The van der Waals surface area contributed by atoms with Crippen molar-refractivity contribution >= 4 is 46.6 Å². The Morgan fingerprint density at radius 1 is 0.971 bits per heavy atom. The zero-order chi connectivity index (χ0) is 50.3. The number of aliphatic hydroxyl groups is 1. The second-order valence-corrected chi connectivity index (χ2v) is 21.5. The Balaban J connectivity index is 0.896. The minimum Gasteiger partial charge on any atom is -0.494 e. The average molecular weight is 985 g/mol. The SMILES string of the molecule is Cc1ncsc1-c1ccc([C@@H](CN)NC(=O)[C@@H]2C[C@@H](O)CN2C(=O)[C@@H](NC(=O)COCCCCCOc2ccc(C(=O)N[C@H]3C(C)(C)[C@H](Oc4ccc(C#N)c(Cl)c4)C3(C)C)cc2)C(C)(C)C)cc1. The first-order chi connectivity index (χ1) is 32.6. The van der Waals surface area contributed by atoms with Crippen molar-refractivity contribution in [2.75, 3.05) is 32.9 Å². The molecular weight excluding hydrogens is 918 g/mol. The molecule has 1 aliphatic carbocycles. The summed E-state index contributed by atoms with van der Waals surface area (Å²) < 4.78 is 18.0. The number of nitriles is 1. The van der Waals surface area contributed by atoms with Crippen molar-refractivity contribution in [3.05, 3.63) is 99.6 Å². The highest BCUT2D eigenvalue weighted by atomic mass is 35.5. The molecule has 4 aromatic rings. The van der Waals surface area contributed by atoms with Crippen LogP contribution in [-0.2, 0) is 19.1 Å². The lowest BCUT2D eigenvalue weighted by Crippen LogP contribution is -2.74. The number of hydrogen-bond donors (Lipinski definition) is 5. The molecule has 0 spiro atoms. The fourth-order valence-electron chi connectivity index (χ4n) is 9.67. The maximum atomic E-state index is 14.1. The van der Waals surface area contributed by atoms with Gasteiger partial charge in [0.15, 0.2) is 0 Å². The first kappa shape index (κ1) is 52.8. The Hall–Kier alpha value is -5.57. The number of halogens is 1. The lowest BCUT2D eigenvalue weighted by Gasteiger charge is -2.63. The van der Waals surface area contributed by atoms with E-state index in [0.717, 1.165) is 34.5 Å². The largest absolute Gasteiger partial charge is 0.494 e. The number of amides is 4. The molecule has 69 heavy (non-hydrogen) atoms. The van der Waals surface area contributed by atoms with Gasteiger partial charge in [0.05, 0.1) is 45.4 Å². The van der Waals surface area contributed by atoms with E-state index in [1.165, 1.54) is 4.90 Å². The van der Waals surface area contributed by atoms with E-state index in [1.54, 1.807) is 59.3 Å². The summed E-state index contributed by atoms with van der Waals surface area (Å²) >= 11 is 7.79. The molecule has 17 heteroatoms. The van der Waals surface area contributed by atoms with Gasteiger partial charge in [-0.3, -0.25) is 19.2 Å². The standard InChI is InChI=1S/C52H66ClN7O8S/c1-31-43(69-30-56-31)33-14-12-32(13-15-33)40(27-55)57-46(64)41-24-36(61)28-60(41)47(65)44(50(2,3)4)58-42(62)29-66-22-10-9-11-23-67-37-19-16-34(17-20-37)45(63)59-48-51(5,6)49(52(48,7)8)68-38-21-18-35(26-54)39(53)25-38/h12-21,25,30,36,40-41,44,48-49,61H,9-11,22-24,27-29,55H2,1-8H3,(H,57,64)(H,58,62)(H,59,63)/t36-,40-,41+,44-,48-,49-/m1/s1. The number of aryl methyl sites for hydroxylation is 1. The predicted octanol–water partition coefficient (Wildman–Crippen LogP) is 7.13. The van der Waals surface area contributed by atoms with E-state index in [4.69, 9.17) is 31.5 Å². The second-order valence-electron chi connectivity index (χ2n) is 20.2. The summed E-state index contributed by atoms with van der Waals surface area (Å²) in [5.41, 5.74) is 10.1. The third-order valence-electron chi connectivity index (χ3n) is 13.1. The van der Waals surface area contributed by atoms with Crippen LogP contribution in [0.15, 0.2) is 72.2 Å². The maximum absolute atomic E-state index is 14.1. The van der Waals surface area contributed by atoms with E-state index in [2.05, 4.69) is 54.7 Å². The Morgan fingerprint density at radius 3 is 2.25 bits per heavy atom. The molecule has 6 N–H and O–H groups in total. The molecule has 3 aromatic carbocycles. The Kier molecular flexibility index (Phi) is 17.2. The number of nitrogens with zero attached hydrogens (tertiary/aromatic N) is 3. The van der Waals surface area contributed by atoms with Crippen LogP contribution in [-0.4, -0.2) is 102 Å². The van der Waals surface area contributed by atoms with Crippen LogP contribution in [0.3, 0.4) is 0 Å². The molecule has 370 valence electrons. The highest BCUT2D eigenvalue weighted by molar-refractivity contribution is 7.13. The van der Waals surface area contributed by atoms with Gasteiger partial charge in [-0.25, -0.2) is 4.98 Å². The molecule has 1 aliphatic heterocycles. The van der Waals surface area contributed by atoms with E-state index in [-0.39, 0.29) is 44.2 Å². The number of hydrogen-bond acceptors (Lipinski definition) is 12. The molecule has 0 unspecified atom stereocenters. The van der Waals surface area contributed by atoms with Gasteiger partial charge in [-0.05, 0) is 79.1 Å². The summed E-state index contributed by atoms with van der Waals surface area (Å²) in [5.74, 6) is -0.347. The molecule has 1 saturated heterocycles. The van der Waals surface area contributed by atoms with Gasteiger partial charge in [0.1, 0.15) is 42.4 Å². The van der Waals surface area contributed by atoms with Gasteiger partial charge in [-0.15, -0.1) is 11.3 Å². The van der Waals surface area contributed by atoms with Crippen molar-refractivity contribution in [1.29, 1.82) is 5.26 Å². The number of β-amino-alcohol motifs (C(OH)–C–C–N with tert-alkyl or cyclic N) is 1. The molecule has 1 saturated carbocycles. The van der Waals surface area contributed by atoms with E-state index in [0.29, 0.717) is 47.3 Å². The number of aromatic nitrogens is 1. The number of rotatable bonds is 20. The maximum Gasteiger partial charge on any atom is 0.251 e. The third-order valence-corrected chi connectivity index (χ3v) is 14.4. The molecular formula is C52H66ClN7O8S. The average Bonchev–Trinajstić information content (AvgIpc) is 3.93. The summed E-state index contributed by atoms with van der Waals surface area (Å²) in [6, 6.07) is 19.2. The molecule has 2 heterocycles. The number of benzene rings is 3. The van der Waals surface area contributed by atoms with Gasteiger partial charge in [-0.1, -0.05) is 84.3 Å². The van der Waals surface area contributed by atoms with Crippen LogP contribution in [0.4, 0.5) is 0 Å². The van der Waals surface area contributed by atoms with Crippen molar-refractivity contribution in [3.63, 3.8) is 0 Å². The number of thiazole rings is 1. The van der Waals surface area contributed by atoms with Gasteiger partial charge in [0, 0.05) is 54.6 Å². The molecule has 2 fully saturated rings. The zero-order valence-electron chi connectivity index (χ0n) is 40.8. The molecule has 2 aliphatic rings. The van der Waals surface area contributed by atoms with E-state index in [9.17, 15) is 29.5 Å². The number of ether oxygens (including phenoxy) is 3. The number of unbranched alkanes of at least 4 members (excludes halogenated alkanes) is 2. The van der Waals surface area contributed by atoms with Crippen LogP contribution in [0.25, 0.3) is 10.4 Å². The Labute approximate surface area is 414 Å². The fourth-order valence-corrected chi connectivity index (χ4v) is 10.7. The van der Waals surface area contributed by atoms with E-state index >= 15 is 0 Å². The number of nitrogens with two attached hydrogens (primary N) is 1. The van der Waals surface area contributed by atoms with Gasteiger partial charge >= 0.3 is 0 Å². The quantitative estimate of drug-likeness (QED) is 0.0561. The molecule has 4 amide bonds. The smallest absolute Gasteiger partial charge is 0.251 e. The van der Waals surface area contributed by atoms with Crippen LogP contribution in [0.5, 0.6) is 11.5 Å². The molecule has 1 aromatic heterocycles. The highest BCUT2D eigenvalue weighted by Gasteiger charge is 2.64. The van der Waals surface area contributed by atoms with Crippen molar-refractivity contribution in [3.8, 4) is 28.0 Å². The minimum absolute atomic E-state index is 0.0474. The fraction of sp³-hybridized carbons (Fsp3) is 0.500. The first-order valence-corrected chi connectivity index (χ1v) is 24.7. The van der Waals surface area contributed by atoms with Crippen molar-refractivity contribution in [2.24, 2.45) is 22.0 Å². The van der Waals surface area contributed by atoms with Gasteiger partial charge in [-0.2, -0.15) is 5.26 Å². The summed E-state index contributed by atoms with van der Waals surface area (Å²) in [5, 5.41) is 29.2. The minimum atomic E-state index is -0.986. The summed E-state index contributed by atoms with van der Waals surface area (Å²) in [6.07, 6.45) is 1.13. The summed E-state index contributed by atoms with van der Waals surface area (Å²) in [7, 11) is 0. The Bertz CT molecular complexity index is 2470. The molecule has 15 nitrogen and oxygen atoms in total. The van der Waals surface area contributed by atoms with Crippen LogP contribution >= 0.6 is 22.9 Å². The van der Waals surface area contributed by atoms with Crippen LogP contribution in [0, 0.1) is 34.5 Å². The van der Waals surface area contributed by atoms with E-state index < -0.39 is 58.2 Å². The second kappa shape index (κ2) is 22.5. The van der Waals surface area contributed by atoms with E-state index in [1.807, 2.05) is 52.0 Å². The summed E-state index contributed by atoms with van der Waals surface area (Å²) in [6.45, 7) is 16.3. The number of aliphatic hydroxyl groups excluding tert-OH is 1. The topological polar surface area (TPSA) is 218 Å². The predicted molar refractivity (Wildman–Crippen MR) is 266 cm³/mol. The number of likely N-dealkylation sites (tertiary alicyclic amines) is 1. The number of carbonyl (C=O) groups is 4. The first-order valence-electron chi connectivity index (χ1n) is 23.4. The van der Waals surface area contributed by atoms with Crippen LogP contribution in [0.2, 0.25) is 5.02 Å². The van der Waals surface area contributed by atoms with Gasteiger partial charge < -0.3 is 45.9 Å². The number of carbonyl (C=O) groups excluding carboxylic acids is 4. The summed E-state index contributed by atoms with van der Waals surface area (Å²) in [4.78, 5) is 61.1.